The number of nitrogens with zero attached hydrogens (tertiary/aromatic N) is 1. The zero-order valence-electron chi connectivity index (χ0n) is 11.5. The van der Waals surface area contributed by atoms with Crippen LogP contribution in [0.25, 0.3) is 0 Å². The van der Waals surface area contributed by atoms with Gasteiger partial charge < -0.3 is 10.5 Å². The van der Waals surface area contributed by atoms with Gasteiger partial charge in [-0.2, -0.15) is 0 Å². The molecule has 1 rings (SSSR count). The van der Waals surface area contributed by atoms with Gasteiger partial charge in [0.2, 0.25) is 10.0 Å². The molecule has 0 aliphatic rings. The number of hydrogen-bond acceptors (Lipinski definition) is 5. The molecule has 2 N–H and O–H groups in total. The molecule has 0 heterocycles. The molecule has 0 aromatic heterocycles. The fourth-order valence-corrected chi connectivity index (χ4v) is 3.41. The van der Waals surface area contributed by atoms with Crippen molar-refractivity contribution in [1.29, 1.82) is 0 Å². The number of hydrogen-bond donors (Lipinski definition) is 1. The van der Waals surface area contributed by atoms with E-state index in [9.17, 15) is 13.2 Å². The van der Waals surface area contributed by atoms with Crippen LogP contribution in [0.1, 0.15) is 6.92 Å². The molecule has 0 aliphatic carbocycles. The maximum atomic E-state index is 12.4. The third kappa shape index (κ3) is 3.62. The van der Waals surface area contributed by atoms with Crippen LogP contribution in [-0.4, -0.2) is 39.4 Å². The van der Waals surface area contributed by atoms with E-state index >= 15 is 0 Å². The Labute approximate surface area is 123 Å². The Morgan fingerprint density at radius 3 is 2.65 bits per heavy atom. The van der Waals surface area contributed by atoms with Gasteiger partial charge in [0.05, 0.1) is 18.1 Å². The number of halogens is 1. The van der Waals surface area contributed by atoms with Gasteiger partial charge >= 0.3 is 5.97 Å². The quantitative estimate of drug-likeness (QED) is 0.653. The van der Waals surface area contributed by atoms with Gasteiger partial charge in [0.15, 0.2) is 0 Å². The van der Waals surface area contributed by atoms with Crippen LogP contribution in [0.4, 0.5) is 5.69 Å². The molecule has 20 heavy (non-hydrogen) atoms. The van der Waals surface area contributed by atoms with E-state index in [1.807, 2.05) is 0 Å². The topological polar surface area (TPSA) is 89.7 Å². The number of anilines is 1. The summed E-state index contributed by atoms with van der Waals surface area (Å²) in [6, 6.07) is 4.22. The Balaban J connectivity index is 3.04. The van der Waals surface area contributed by atoms with Crippen LogP contribution in [-0.2, 0) is 19.6 Å². The summed E-state index contributed by atoms with van der Waals surface area (Å²) in [7, 11) is -1.19. The molecular weight excluding hydrogens is 304 g/mol. The molecule has 0 amide bonds. The fourth-order valence-electron chi connectivity index (χ4n) is 1.65. The Morgan fingerprint density at radius 1 is 1.50 bits per heavy atom. The number of nitrogen functional groups attached to an aromatic ring is 1. The predicted octanol–water partition coefficient (Wildman–Crippen LogP) is 1.35. The van der Waals surface area contributed by atoms with E-state index in [0.29, 0.717) is 5.69 Å². The zero-order chi connectivity index (χ0) is 15.5. The average Bonchev–Trinajstić information content (AvgIpc) is 2.40. The Kier molecular flexibility index (Phi) is 5.38. The molecule has 8 heteroatoms. The van der Waals surface area contributed by atoms with Crippen LogP contribution in [0.15, 0.2) is 23.1 Å². The summed E-state index contributed by atoms with van der Waals surface area (Å²) in [4.78, 5) is 11.3. The summed E-state index contributed by atoms with van der Waals surface area (Å²) in [5.41, 5.74) is 5.87. The lowest BCUT2D eigenvalue weighted by Crippen LogP contribution is -2.34. The van der Waals surface area contributed by atoms with E-state index in [0.717, 1.165) is 4.31 Å². The predicted molar refractivity (Wildman–Crippen MR) is 76.9 cm³/mol. The number of carbonyl (C=O) groups is 1. The molecule has 1 aromatic rings. The SMILES string of the molecule is COC(=O)C(C)CN(C)S(=O)(=O)c1cc(N)ccc1Cl. The van der Waals surface area contributed by atoms with Gasteiger partial charge in [0, 0.05) is 19.3 Å². The lowest BCUT2D eigenvalue weighted by atomic mass is 10.2. The number of rotatable bonds is 5. The molecule has 6 nitrogen and oxygen atoms in total. The van der Waals surface area contributed by atoms with Crippen molar-refractivity contribution in [1.82, 2.24) is 4.31 Å². The van der Waals surface area contributed by atoms with Crippen LogP contribution in [0, 0.1) is 5.92 Å². The molecule has 112 valence electrons. The lowest BCUT2D eigenvalue weighted by molar-refractivity contribution is -0.144. The van der Waals surface area contributed by atoms with Crippen molar-refractivity contribution in [2.75, 3.05) is 26.4 Å². The standard InChI is InChI=1S/C12H17ClN2O4S/c1-8(12(16)19-3)7-15(2)20(17,18)11-6-9(14)4-5-10(11)13/h4-6,8H,7,14H2,1-3H3. The second-order valence-electron chi connectivity index (χ2n) is 4.40. The van der Waals surface area contributed by atoms with E-state index in [2.05, 4.69) is 4.74 Å². The first-order valence-electron chi connectivity index (χ1n) is 5.79. The van der Waals surface area contributed by atoms with E-state index in [4.69, 9.17) is 17.3 Å². The molecule has 1 aromatic carbocycles. The summed E-state index contributed by atoms with van der Waals surface area (Å²) in [5.74, 6) is -1.06. The number of ether oxygens (including phenoxy) is 1. The lowest BCUT2D eigenvalue weighted by Gasteiger charge is -2.20. The first-order valence-corrected chi connectivity index (χ1v) is 7.61. The van der Waals surface area contributed by atoms with Crippen molar-refractivity contribution in [2.24, 2.45) is 5.92 Å². The van der Waals surface area contributed by atoms with E-state index in [-0.39, 0.29) is 16.5 Å². The number of methoxy groups -OCH3 is 1. The van der Waals surface area contributed by atoms with Crippen molar-refractivity contribution in [3.05, 3.63) is 23.2 Å². The first kappa shape index (κ1) is 16.7. The van der Waals surface area contributed by atoms with Crippen molar-refractivity contribution in [3.8, 4) is 0 Å². The van der Waals surface area contributed by atoms with Crippen molar-refractivity contribution < 1.29 is 17.9 Å². The molecule has 0 saturated carbocycles. The molecule has 0 radical (unpaired) electrons. The molecular formula is C12H17ClN2O4S. The molecule has 0 saturated heterocycles. The van der Waals surface area contributed by atoms with Gasteiger partial charge in [-0.05, 0) is 18.2 Å². The highest BCUT2D eigenvalue weighted by Crippen LogP contribution is 2.26. The van der Waals surface area contributed by atoms with E-state index in [1.165, 1.54) is 32.4 Å². The summed E-state index contributed by atoms with van der Waals surface area (Å²) in [6.45, 7) is 1.57. The van der Waals surface area contributed by atoms with Gasteiger partial charge in [-0.25, -0.2) is 12.7 Å². The summed E-state index contributed by atoms with van der Waals surface area (Å²) >= 11 is 5.90. The van der Waals surface area contributed by atoms with E-state index in [1.54, 1.807) is 6.92 Å². The smallest absolute Gasteiger partial charge is 0.309 e. The van der Waals surface area contributed by atoms with Gasteiger partial charge in [-0.3, -0.25) is 4.79 Å². The third-order valence-electron chi connectivity index (χ3n) is 2.78. The molecule has 0 aliphatic heterocycles. The maximum Gasteiger partial charge on any atom is 0.309 e. The third-order valence-corrected chi connectivity index (χ3v) is 5.08. The van der Waals surface area contributed by atoms with Gasteiger partial charge in [0.25, 0.3) is 0 Å². The van der Waals surface area contributed by atoms with Crippen LogP contribution in [0.5, 0.6) is 0 Å². The Hall–Kier alpha value is -1.31. The number of sulfonamides is 1. The normalized spacial score (nSPS) is 13.2. The number of benzene rings is 1. The zero-order valence-corrected chi connectivity index (χ0v) is 13.0. The van der Waals surface area contributed by atoms with Crippen LogP contribution < -0.4 is 5.73 Å². The maximum absolute atomic E-state index is 12.4. The highest BCUT2D eigenvalue weighted by molar-refractivity contribution is 7.89. The van der Waals surface area contributed by atoms with Gasteiger partial charge in [0.1, 0.15) is 4.90 Å². The summed E-state index contributed by atoms with van der Waals surface area (Å²) in [6.07, 6.45) is 0. The monoisotopic (exact) mass is 320 g/mol. The Bertz CT molecular complexity index is 603. The Morgan fingerprint density at radius 2 is 2.10 bits per heavy atom. The van der Waals surface area contributed by atoms with Crippen molar-refractivity contribution in [3.63, 3.8) is 0 Å². The molecule has 0 bridgehead atoms. The minimum atomic E-state index is -3.82. The van der Waals surface area contributed by atoms with Crippen LogP contribution >= 0.6 is 11.6 Å². The molecule has 0 fully saturated rings. The first-order chi connectivity index (χ1) is 9.20. The van der Waals surface area contributed by atoms with Crippen molar-refractivity contribution in [2.45, 2.75) is 11.8 Å². The molecule has 1 atom stereocenters. The summed E-state index contributed by atoms with van der Waals surface area (Å²) < 4.78 is 30.4. The van der Waals surface area contributed by atoms with Gasteiger partial charge in [-0.15, -0.1) is 0 Å². The number of carbonyl (C=O) groups excluding carboxylic acids is 1. The second-order valence-corrected chi connectivity index (χ2v) is 6.82. The van der Waals surface area contributed by atoms with Gasteiger partial charge in [-0.1, -0.05) is 18.5 Å². The van der Waals surface area contributed by atoms with Crippen molar-refractivity contribution >= 4 is 33.3 Å². The van der Waals surface area contributed by atoms with Crippen LogP contribution in [0.2, 0.25) is 5.02 Å². The molecule has 1 unspecified atom stereocenters. The highest BCUT2D eigenvalue weighted by Gasteiger charge is 2.27. The average molecular weight is 321 g/mol. The van der Waals surface area contributed by atoms with Crippen LogP contribution in [0.3, 0.4) is 0 Å². The number of nitrogens with two attached hydrogens (primary N) is 1. The second kappa shape index (κ2) is 6.43. The molecule has 0 spiro atoms. The largest absolute Gasteiger partial charge is 0.469 e. The van der Waals surface area contributed by atoms with E-state index < -0.39 is 21.9 Å². The minimum Gasteiger partial charge on any atom is -0.469 e. The fraction of sp³-hybridized carbons (Fsp3) is 0.417. The highest BCUT2D eigenvalue weighted by atomic mass is 35.5. The minimum absolute atomic E-state index is 0.0138. The summed E-state index contributed by atoms with van der Waals surface area (Å²) in [5, 5.41) is 0.0803. The number of esters is 1.